The molecule has 0 spiro atoms. The first kappa shape index (κ1) is 7.79. The molecular formula is C7H6BrNO3. The summed E-state index contributed by atoms with van der Waals surface area (Å²) in [5, 5.41) is 8.70. The van der Waals surface area contributed by atoms with Crippen LogP contribution in [0.2, 0.25) is 0 Å². The van der Waals surface area contributed by atoms with Gasteiger partial charge in [0.2, 0.25) is 5.76 Å². The van der Waals surface area contributed by atoms with Crippen LogP contribution in [0.1, 0.15) is 35.0 Å². The first-order valence-corrected chi connectivity index (χ1v) is 4.37. The van der Waals surface area contributed by atoms with Gasteiger partial charge in [0, 0.05) is 21.8 Å². The molecule has 0 bridgehead atoms. The SMILES string of the molecule is O=C(O)c1oc(Br)nc1C1CC1. The first-order valence-electron chi connectivity index (χ1n) is 3.58. The van der Waals surface area contributed by atoms with E-state index in [4.69, 9.17) is 9.52 Å². The number of carbonyl (C=O) groups is 1. The molecule has 1 saturated carbocycles. The summed E-state index contributed by atoms with van der Waals surface area (Å²) in [4.78, 5) is 14.8. The third-order valence-corrected chi connectivity index (χ3v) is 2.12. The van der Waals surface area contributed by atoms with Gasteiger partial charge in [-0.05, 0) is 12.8 Å². The second-order valence-electron chi connectivity index (χ2n) is 2.76. The summed E-state index contributed by atoms with van der Waals surface area (Å²) >= 11 is 3.01. The predicted octanol–water partition coefficient (Wildman–Crippen LogP) is 2.01. The van der Waals surface area contributed by atoms with E-state index in [1.54, 1.807) is 0 Å². The number of hydrogen-bond acceptors (Lipinski definition) is 3. The molecule has 1 heterocycles. The number of carboxylic acids is 1. The lowest BCUT2D eigenvalue weighted by Crippen LogP contribution is -1.98. The van der Waals surface area contributed by atoms with Crippen LogP contribution in [-0.4, -0.2) is 16.1 Å². The van der Waals surface area contributed by atoms with Crippen LogP contribution in [0, 0.1) is 0 Å². The monoisotopic (exact) mass is 231 g/mol. The number of carboxylic acid groups (broad SMARTS) is 1. The molecule has 5 heteroatoms. The third kappa shape index (κ3) is 1.24. The van der Waals surface area contributed by atoms with Gasteiger partial charge in [-0.1, -0.05) is 0 Å². The maximum Gasteiger partial charge on any atom is 0.373 e. The Morgan fingerprint density at radius 2 is 2.33 bits per heavy atom. The van der Waals surface area contributed by atoms with E-state index in [9.17, 15) is 4.79 Å². The highest BCUT2D eigenvalue weighted by molar-refractivity contribution is 9.10. The van der Waals surface area contributed by atoms with Crippen molar-refractivity contribution in [1.82, 2.24) is 4.98 Å². The summed E-state index contributed by atoms with van der Waals surface area (Å²) in [6.07, 6.45) is 2.03. The average Bonchev–Trinajstić information content (AvgIpc) is 2.75. The number of hydrogen-bond donors (Lipinski definition) is 1. The molecule has 1 aromatic heterocycles. The molecule has 1 N–H and O–H groups in total. The molecule has 12 heavy (non-hydrogen) atoms. The first-order chi connectivity index (χ1) is 5.68. The number of rotatable bonds is 2. The molecule has 0 amide bonds. The summed E-state index contributed by atoms with van der Waals surface area (Å²) in [6, 6.07) is 0. The lowest BCUT2D eigenvalue weighted by molar-refractivity contribution is 0.0659. The Bertz CT molecular complexity index is 329. The Kier molecular flexibility index (Phi) is 1.68. The van der Waals surface area contributed by atoms with E-state index >= 15 is 0 Å². The van der Waals surface area contributed by atoms with Gasteiger partial charge in [0.1, 0.15) is 0 Å². The summed E-state index contributed by atoms with van der Waals surface area (Å²) in [5.41, 5.74) is 0.578. The molecule has 0 saturated heterocycles. The zero-order valence-electron chi connectivity index (χ0n) is 6.08. The van der Waals surface area contributed by atoms with Gasteiger partial charge in [0.25, 0.3) is 4.80 Å². The van der Waals surface area contributed by atoms with Crippen LogP contribution in [0.4, 0.5) is 0 Å². The third-order valence-electron chi connectivity index (χ3n) is 1.79. The lowest BCUT2D eigenvalue weighted by atomic mass is 10.2. The molecule has 0 radical (unpaired) electrons. The second-order valence-corrected chi connectivity index (χ2v) is 3.44. The standard InChI is InChI=1S/C7H6BrNO3/c8-7-9-4(3-1-2-3)5(12-7)6(10)11/h3H,1-2H2,(H,10,11). The van der Waals surface area contributed by atoms with Crippen molar-refractivity contribution >= 4 is 21.9 Å². The fourth-order valence-corrected chi connectivity index (χ4v) is 1.44. The van der Waals surface area contributed by atoms with E-state index in [2.05, 4.69) is 20.9 Å². The van der Waals surface area contributed by atoms with Crippen molar-refractivity contribution in [3.8, 4) is 0 Å². The lowest BCUT2D eigenvalue weighted by Gasteiger charge is -1.89. The van der Waals surface area contributed by atoms with Gasteiger partial charge in [0.15, 0.2) is 0 Å². The van der Waals surface area contributed by atoms with E-state index in [0.717, 1.165) is 12.8 Å². The molecule has 0 unspecified atom stereocenters. The molecule has 0 aliphatic heterocycles. The summed E-state index contributed by atoms with van der Waals surface area (Å²) in [6.45, 7) is 0. The maximum atomic E-state index is 10.6. The Balaban J connectivity index is 2.43. The van der Waals surface area contributed by atoms with E-state index in [-0.39, 0.29) is 10.6 Å². The number of aromatic carboxylic acids is 1. The highest BCUT2D eigenvalue weighted by Crippen LogP contribution is 2.41. The zero-order valence-corrected chi connectivity index (χ0v) is 7.67. The molecule has 0 aromatic carbocycles. The summed E-state index contributed by atoms with van der Waals surface area (Å²) < 4.78 is 4.88. The molecule has 2 rings (SSSR count). The van der Waals surface area contributed by atoms with Gasteiger partial charge in [-0.2, -0.15) is 0 Å². The second kappa shape index (κ2) is 2.58. The van der Waals surface area contributed by atoms with Gasteiger partial charge in [-0.25, -0.2) is 9.78 Å². The van der Waals surface area contributed by atoms with Crippen molar-refractivity contribution in [2.45, 2.75) is 18.8 Å². The number of aromatic nitrogens is 1. The molecule has 4 nitrogen and oxygen atoms in total. The summed E-state index contributed by atoms with van der Waals surface area (Å²) in [7, 11) is 0. The van der Waals surface area contributed by atoms with Crippen LogP contribution >= 0.6 is 15.9 Å². The molecule has 1 aliphatic carbocycles. The van der Waals surface area contributed by atoms with Gasteiger partial charge in [-0.3, -0.25) is 0 Å². The minimum Gasteiger partial charge on any atom is -0.475 e. The zero-order chi connectivity index (χ0) is 8.72. The molecule has 0 atom stereocenters. The average molecular weight is 232 g/mol. The molecule has 1 aromatic rings. The number of nitrogens with zero attached hydrogens (tertiary/aromatic N) is 1. The Hall–Kier alpha value is -0.840. The van der Waals surface area contributed by atoms with Crippen LogP contribution in [0.5, 0.6) is 0 Å². The topological polar surface area (TPSA) is 63.3 Å². The normalized spacial score (nSPS) is 16.4. The predicted molar refractivity (Wildman–Crippen MR) is 43.1 cm³/mol. The largest absolute Gasteiger partial charge is 0.475 e. The van der Waals surface area contributed by atoms with Crippen LogP contribution in [-0.2, 0) is 0 Å². The van der Waals surface area contributed by atoms with Crippen LogP contribution in [0.25, 0.3) is 0 Å². The fraction of sp³-hybridized carbons (Fsp3) is 0.429. The van der Waals surface area contributed by atoms with E-state index < -0.39 is 5.97 Å². The van der Waals surface area contributed by atoms with Gasteiger partial charge in [-0.15, -0.1) is 0 Å². The van der Waals surface area contributed by atoms with Crippen molar-refractivity contribution in [3.05, 3.63) is 16.3 Å². The van der Waals surface area contributed by atoms with E-state index in [1.807, 2.05) is 0 Å². The molecule has 1 fully saturated rings. The number of halogens is 1. The number of oxazole rings is 1. The molecular weight excluding hydrogens is 226 g/mol. The summed E-state index contributed by atoms with van der Waals surface area (Å²) in [5.74, 6) is -0.773. The molecule has 64 valence electrons. The fourth-order valence-electron chi connectivity index (χ4n) is 1.09. The molecule has 1 aliphatic rings. The quantitative estimate of drug-likeness (QED) is 0.846. The highest BCUT2D eigenvalue weighted by atomic mass is 79.9. The Morgan fingerprint density at radius 1 is 1.67 bits per heavy atom. The van der Waals surface area contributed by atoms with Crippen LogP contribution < -0.4 is 0 Å². The Morgan fingerprint density at radius 3 is 2.83 bits per heavy atom. The van der Waals surface area contributed by atoms with E-state index in [1.165, 1.54) is 0 Å². The minimum atomic E-state index is -1.05. The smallest absolute Gasteiger partial charge is 0.373 e. The maximum absolute atomic E-state index is 10.6. The van der Waals surface area contributed by atoms with Crippen LogP contribution in [0.15, 0.2) is 9.22 Å². The van der Waals surface area contributed by atoms with Crippen molar-refractivity contribution in [3.63, 3.8) is 0 Å². The Labute approximate surface area is 76.7 Å². The van der Waals surface area contributed by atoms with Crippen LogP contribution in [0.3, 0.4) is 0 Å². The van der Waals surface area contributed by atoms with Gasteiger partial charge < -0.3 is 9.52 Å². The van der Waals surface area contributed by atoms with Gasteiger partial charge in [0.05, 0.1) is 5.69 Å². The van der Waals surface area contributed by atoms with Crippen molar-refractivity contribution in [2.24, 2.45) is 0 Å². The van der Waals surface area contributed by atoms with Crippen molar-refractivity contribution in [2.75, 3.05) is 0 Å². The van der Waals surface area contributed by atoms with Crippen molar-refractivity contribution < 1.29 is 14.3 Å². The minimum absolute atomic E-state index is 0.0237. The highest BCUT2D eigenvalue weighted by Gasteiger charge is 2.33. The van der Waals surface area contributed by atoms with Gasteiger partial charge >= 0.3 is 5.97 Å². The van der Waals surface area contributed by atoms with Crippen molar-refractivity contribution in [1.29, 1.82) is 0 Å². The van der Waals surface area contributed by atoms with E-state index in [0.29, 0.717) is 11.6 Å².